The lowest BCUT2D eigenvalue weighted by molar-refractivity contribution is -0.132. The van der Waals surface area contributed by atoms with Crippen molar-refractivity contribution in [2.45, 2.75) is 19.5 Å². The van der Waals surface area contributed by atoms with Gasteiger partial charge in [-0.15, -0.1) is 0 Å². The molecule has 0 radical (unpaired) electrons. The van der Waals surface area contributed by atoms with E-state index >= 15 is 0 Å². The lowest BCUT2D eigenvalue weighted by Crippen LogP contribution is -2.33. The smallest absolute Gasteiger partial charge is 0.242 e. The standard InChI is InChI=1S/C26H22N2O3/c1-17(24-15-18-9-3-8-14-23(18)31-24)27(2)25(29)16-28-21-12-6-4-10-19(21)26(30)20-11-5-7-13-22(20)28/h3-15,17H,16H2,1-2H3. The number of nitrogens with zero attached hydrogens (tertiary/aromatic N) is 2. The van der Waals surface area contributed by atoms with Crippen LogP contribution in [-0.2, 0) is 11.3 Å². The van der Waals surface area contributed by atoms with Crippen LogP contribution in [0, 0.1) is 0 Å². The summed E-state index contributed by atoms with van der Waals surface area (Å²) in [4.78, 5) is 27.9. The Bertz CT molecular complexity index is 1400. The van der Waals surface area contributed by atoms with Crippen LogP contribution in [0.5, 0.6) is 0 Å². The van der Waals surface area contributed by atoms with Gasteiger partial charge >= 0.3 is 0 Å². The fraction of sp³-hybridized carbons (Fsp3) is 0.154. The molecule has 1 atom stereocenters. The second kappa shape index (κ2) is 7.43. The number of fused-ring (bicyclic) bond motifs is 3. The highest BCUT2D eigenvalue weighted by molar-refractivity contribution is 5.95. The van der Waals surface area contributed by atoms with Gasteiger partial charge < -0.3 is 13.9 Å². The first-order chi connectivity index (χ1) is 15.0. The van der Waals surface area contributed by atoms with E-state index in [1.165, 1.54) is 0 Å². The molecule has 0 saturated heterocycles. The maximum absolute atomic E-state index is 13.3. The summed E-state index contributed by atoms with van der Waals surface area (Å²) >= 11 is 0. The van der Waals surface area contributed by atoms with E-state index in [1.807, 2.05) is 90.4 Å². The zero-order valence-electron chi connectivity index (χ0n) is 17.4. The number of rotatable bonds is 4. The number of carbonyl (C=O) groups excluding carboxylic acids is 1. The van der Waals surface area contributed by atoms with E-state index in [1.54, 1.807) is 11.9 Å². The van der Waals surface area contributed by atoms with E-state index in [0.29, 0.717) is 10.8 Å². The van der Waals surface area contributed by atoms with Gasteiger partial charge in [0.15, 0.2) is 5.43 Å². The zero-order chi connectivity index (χ0) is 21.5. The van der Waals surface area contributed by atoms with E-state index < -0.39 is 0 Å². The van der Waals surface area contributed by atoms with Crippen molar-refractivity contribution in [1.82, 2.24) is 9.47 Å². The largest absolute Gasteiger partial charge is 0.459 e. The molecule has 2 aromatic heterocycles. The molecule has 5 rings (SSSR count). The molecule has 0 saturated carbocycles. The summed E-state index contributed by atoms with van der Waals surface area (Å²) in [7, 11) is 1.78. The minimum absolute atomic E-state index is 0.0149. The minimum atomic E-state index is -0.225. The third kappa shape index (κ3) is 3.19. The van der Waals surface area contributed by atoms with Crippen molar-refractivity contribution in [1.29, 1.82) is 0 Å². The van der Waals surface area contributed by atoms with Crippen LogP contribution in [0.4, 0.5) is 0 Å². The van der Waals surface area contributed by atoms with Crippen molar-refractivity contribution >= 4 is 38.7 Å². The number of likely N-dealkylation sites (N-methyl/N-ethyl adjacent to an activating group) is 1. The van der Waals surface area contributed by atoms with E-state index in [2.05, 4.69) is 0 Å². The van der Waals surface area contributed by atoms with Gasteiger partial charge in [-0.2, -0.15) is 0 Å². The summed E-state index contributed by atoms with van der Waals surface area (Å²) in [6.45, 7) is 2.08. The Labute approximate surface area is 179 Å². The first kappa shape index (κ1) is 19.1. The summed E-state index contributed by atoms with van der Waals surface area (Å²) in [6, 6.07) is 24.4. The van der Waals surface area contributed by atoms with Gasteiger partial charge in [-0.1, -0.05) is 42.5 Å². The topological polar surface area (TPSA) is 55.5 Å². The molecule has 0 N–H and O–H groups in total. The summed E-state index contributed by atoms with van der Waals surface area (Å²) in [5.74, 6) is 0.679. The fourth-order valence-electron chi connectivity index (χ4n) is 4.11. The molecule has 0 aliphatic rings. The molecule has 0 bridgehead atoms. The van der Waals surface area contributed by atoms with E-state index in [0.717, 1.165) is 27.8 Å². The average molecular weight is 410 g/mol. The van der Waals surface area contributed by atoms with Crippen molar-refractivity contribution in [2.75, 3.05) is 7.05 Å². The van der Waals surface area contributed by atoms with Crippen molar-refractivity contribution < 1.29 is 9.21 Å². The highest BCUT2D eigenvalue weighted by Gasteiger charge is 2.22. The van der Waals surface area contributed by atoms with Gasteiger partial charge in [0, 0.05) is 23.2 Å². The number of pyridine rings is 1. The lowest BCUT2D eigenvalue weighted by Gasteiger charge is -2.25. The molecule has 31 heavy (non-hydrogen) atoms. The monoisotopic (exact) mass is 410 g/mol. The molecule has 0 fully saturated rings. The van der Waals surface area contributed by atoms with Crippen LogP contribution in [0.3, 0.4) is 0 Å². The van der Waals surface area contributed by atoms with Crippen LogP contribution in [-0.4, -0.2) is 22.4 Å². The maximum Gasteiger partial charge on any atom is 0.242 e. The predicted octanol–water partition coefficient (Wildman–Crippen LogP) is 5.12. The zero-order valence-corrected chi connectivity index (χ0v) is 17.4. The van der Waals surface area contributed by atoms with Gasteiger partial charge in [0.2, 0.25) is 5.91 Å². The quantitative estimate of drug-likeness (QED) is 0.387. The van der Waals surface area contributed by atoms with Gasteiger partial charge in [-0.05, 0) is 43.3 Å². The van der Waals surface area contributed by atoms with Crippen LogP contribution in [0.15, 0.2) is 88.1 Å². The Balaban J connectivity index is 1.53. The molecule has 154 valence electrons. The third-order valence-electron chi connectivity index (χ3n) is 6.00. The van der Waals surface area contributed by atoms with Gasteiger partial charge in [0.05, 0.1) is 17.1 Å². The Hall–Kier alpha value is -3.86. The van der Waals surface area contributed by atoms with Crippen LogP contribution in [0.25, 0.3) is 32.8 Å². The molecule has 1 unspecified atom stereocenters. The first-order valence-electron chi connectivity index (χ1n) is 10.3. The summed E-state index contributed by atoms with van der Waals surface area (Å²) in [5, 5.41) is 2.24. The Morgan fingerprint density at radius 3 is 2.16 bits per heavy atom. The highest BCUT2D eigenvalue weighted by Crippen LogP contribution is 2.27. The van der Waals surface area contributed by atoms with E-state index in [-0.39, 0.29) is 23.9 Å². The van der Waals surface area contributed by atoms with Crippen molar-refractivity contribution in [3.63, 3.8) is 0 Å². The molecule has 0 aliphatic heterocycles. The van der Waals surface area contributed by atoms with Crippen molar-refractivity contribution in [2.24, 2.45) is 0 Å². The molecule has 5 heteroatoms. The Morgan fingerprint density at radius 1 is 0.935 bits per heavy atom. The number of hydrogen-bond acceptors (Lipinski definition) is 3. The van der Waals surface area contributed by atoms with Gasteiger partial charge in [-0.25, -0.2) is 0 Å². The lowest BCUT2D eigenvalue weighted by atomic mass is 10.1. The Kier molecular flexibility index (Phi) is 4.59. The molecule has 5 nitrogen and oxygen atoms in total. The summed E-state index contributed by atoms with van der Waals surface area (Å²) in [6.07, 6.45) is 0. The molecule has 0 aliphatic carbocycles. The molecule has 0 spiro atoms. The normalized spacial score (nSPS) is 12.5. The van der Waals surface area contributed by atoms with Crippen molar-refractivity contribution in [3.8, 4) is 0 Å². The number of aromatic nitrogens is 1. The maximum atomic E-state index is 13.3. The molecular weight excluding hydrogens is 388 g/mol. The SMILES string of the molecule is CC(c1cc2ccccc2o1)N(C)C(=O)Cn1c2ccccc2c(=O)c2ccccc21. The third-order valence-corrected chi connectivity index (χ3v) is 6.00. The van der Waals surface area contributed by atoms with E-state index in [4.69, 9.17) is 4.42 Å². The number of para-hydroxylation sites is 3. The number of hydrogen-bond donors (Lipinski definition) is 0. The molecule has 2 heterocycles. The number of benzene rings is 3. The number of amides is 1. The second-order valence-electron chi connectivity index (χ2n) is 7.82. The minimum Gasteiger partial charge on any atom is -0.459 e. The first-order valence-corrected chi connectivity index (χ1v) is 10.3. The number of furan rings is 1. The van der Waals surface area contributed by atoms with Crippen LogP contribution in [0.2, 0.25) is 0 Å². The highest BCUT2D eigenvalue weighted by atomic mass is 16.3. The van der Waals surface area contributed by atoms with Crippen LogP contribution < -0.4 is 5.43 Å². The van der Waals surface area contributed by atoms with E-state index in [9.17, 15) is 9.59 Å². The van der Waals surface area contributed by atoms with Crippen LogP contribution >= 0.6 is 0 Å². The number of carbonyl (C=O) groups is 1. The molecule has 1 amide bonds. The van der Waals surface area contributed by atoms with Crippen molar-refractivity contribution in [3.05, 3.63) is 94.8 Å². The summed E-state index contributed by atoms with van der Waals surface area (Å²) < 4.78 is 7.89. The predicted molar refractivity (Wildman–Crippen MR) is 123 cm³/mol. The second-order valence-corrected chi connectivity index (χ2v) is 7.82. The van der Waals surface area contributed by atoms with Gasteiger partial charge in [-0.3, -0.25) is 9.59 Å². The van der Waals surface area contributed by atoms with Crippen LogP contribution in [0.1, 0.15) is 18.7 Å². The Morgan fingerprint density at radius 2 is 1.52 bits per heavy atom. The molecule has 5 aromatic rings. The van der Waals surface area contributed by atoms with Gasteiger partial charge in [0.25, 0.3) is 0 Å². The van der Waals surface area contributed by atoms with Gasteiger partial charge in [0.1, 0.15) is 17.9 Å². The average Bonchev–Trinajstić information content (AvgIpc) is 3.25. The molecular formula is C26H22N2O3. The molecule has 3 aromatic carbocycles. The summed E-state index contributed by atoms with van der Waals surface area (Å²) in [5.41, 5.74) is 2.30. The fourth-order valence-corrected chi connectivity index (χ4v) is 4.11.